The molecule has 1 aromatic heterocycles. The topological polar surface area (TPSA) is 65.7 Å². The Morgan fingerprint density at radius 3 is 2.24 bits per heavy atom. The first-order valence-corrected chi connectivity index (χ1v) is 11.7. The van der Waals surface area contributed by atoms with E-state index in [0.29, 0.717) is 25.6 Å². The zero-order chi connectivity index (χ0) is 23.8. The lowest BCUT2D eigenvalue weighted by molar-refractivity contribution is -0.141. The van der Waals surface area contributed by atoms with E-state index >= 15 is 0 Å². The summed E-state index contributed by atoms with van der Waals surface area (Å²) in [5.74, 6) is 0.728. The van der Waals surface area contributed by atoms with Crippen molar-refractivity contribution in [1.29, 1.82) is 0 Å². The lowest BCUT2D eigenvalue weighted by atomic mass is 9.85. The summed E-state index contributed by atoms with van der Waals surface area (Å²) in [6.07, 6.45) is -0.112. The molecule has 1 N–H and O–H groups in total. The van der Waals surface area contributed by atoms with Crippen molar-refractivity contribution in [3.8, 4) is 5.75 Å². The molecule has 6 nitrogen and oxygen atoms in total. The van der Waals surface area contributed by atoms with Gasteiger partial charge in [-0.25, -0.2) is 4.98 Å². The van der Waals surface area contributed by atoms with Crippen LogP contribution in [0.1, 0.15) is 37.7 Å². The first-order valence-electron chi connectivity index (χ1n) is 11.7. The molecule has 1 atom stereocenters. The minimum absolute atomic E-state index is 0.112. The molecule has 0 aliphatic carbocycles. The maximum Gasteiger partial charge on any atom is 0.173 e. The van der Waals surface area contributed by atoms with E-state index in [9.17, 15) is 5.11 Å². The Balaban J connectivity index is 1.55. The van der Waals surface area contributed by atoms with Gasteiger partial charge in [0.25, 0.3) is 0 Å². The van der Waals surface area contributed by atoms with Gasteiger partial charge in [0, 0.05) is 12.6 Å². The third kappa shape index (κ3) is 4.09. The zero-order valence-corrected chi connectivity index (χ0v) is 19.8. The quantitative estimate of drug-likeness (QED) is 0.428. The van der Waals surface area contributed by atoms with Crippen LogP contribution in [-0.4, -0.2) is 39.8 Å². The van der Waals surface area contributed by atoms with Gasteiger partial charge in [-0.2, -0.15) is 0 Å². The van der Waals surface area contributed by atoms with Crippen LogP contribution in [0.5, 0.6) is 5.75 Å². The molecule has 1 unspecified atom stereocenters. The summed E-state index contributed by atoms with van der Waals surface area (Å²) in [6, 6.07) is 25.2. The van der Waals surface area contributed by atoms with Crippen LogP contribution in [0.4, 0.5) is 0 Å². The number of fused-ring (bicyclic) bond motifs is 1. The van der Waals surface area contributed by atoms with Crippen LogP contribution in [0, 0.1) is 0 Å². The van der Waals surface area contributed by atoms with E-state index in [1.165, 1.54) is 0 Å². The summed E-state index contributed by atoms with van der Waals surface area (Å²) < 4.78 is 19.6. The highest BCUT2D eigenvalue weighted by molar-refractivity contribution is 5.78. The van der Waals surface area contributed by atoms with Gasteiger partial charge >= 0.3 is 0 Å². The number of benzene rings is 3. The van der Waals surface area contributed by atoms with Gasteiger partial charge in [-0.15, -0.1) is 0 Å². The third-order valence-electron chi connectivity index (χ3n) is 6.25. The van der Waals surface area contributed by atoms with Crippen molar-refractivity contribution >= 4 is 11.0 Å². The molecule has 6 heteroatoms. The lowest BCUT2D eigenvalue weighted by Crippen LogP contribution is -2.32. The normalized spacial score (nSPS) is 17.8. The largest absolute Gasteiger partial charge is 0.491 e. The second kappa shape index (κ2) is 8.87. The van der Waals surface area contributed by atoms with Crippen molar-refractivity contribution < 1.29 is 19.3 Å². The SMILES string of the molecule is CCn1c(C(O)(c2ccccc2)c2ccccc2)nc2ccc(OCC3COC(C)(C)O3)cc21. The van der Waals surface area contributed by atoms with Gasteiger partial charge < -0.3 is 23.9 Å². The van der Waals surface area contributed by atoms with Gasteiger partial charge in [0.1, 0.15) is 18.5 Å². The highest BCUT2D eigenvalue weighted by Crippen LogP contribution is 2.38. The maximum atomic E-state index is 12.3. The molecule has 1 saturated heterocycles. The van der Waals surface area contributed by atoms with Crippen LogP contribution in [0.2, 0.25) is 0 Å². The van der Waals surface area contributed by atoms with E-state index in [0.717, 1.165) is 27.9 Å². The molecule has 0 amide bonds. The molecule has 0 bridgehead atoms. The van der Waals surface area contributed by atoms with E-state index in [1.807, 2.05) is 92.7 Å². The Hall–Kier alpha value is -3.19. The summed E-state index contributed by atoms with van der Waals surface area (Å²) >= 11 is 0. The molecule has 3 aromatic carbocycles. The van der Waals surface area contributed by atoms with Gasteiger partial charge in [-0.1, -0.05) is 60.7 Å². The third-order valence-corrected chi connectivity index (χ3v) is 6.25. The number of aryl methyl sites for hydroxylation is 1. The minimum Gasteiger partial charge on any atom is -0.491 e. The summed E-state index contributed by atoms with van der Waals surface area (Å²) in [5, 5.41) is 12.3. The fraction of sp³-hybridized carbons (Fsp3) is 0.321. The Morgan fingerprint density at radius 2 is 1.68 bits per heavy atom. The Kier molecular flexibility index (Phi) is 5.90. The molecule has 0 saturated carbocycles. The number of nitrogens with zero attached hydrogens (tertiary/aromatic N) is 2. The molecule has 1 fully saturated rings. The average molecular weight is 459 g/mol. The second-order valence-electron chi connectivity index (χ2n) is 9.03. The second-order valence-corrected chi connectivity index (χ2v) is 9.03. The number of ether oxygens (including phenoxy) is 3. The van der Waals surface area contributed by atoms with Gasteiger partial charge in [-0.3, -0.25) is 0 Å². The molecule has 0 spiro atoms. The van der Waals surface area contributed by atoms with Crippen molar-refractivity contribution in [1.82, 2.24) is 9.55 Å². The highest BCUT2D eigenvalue weighted by atomic mass is 16.7. The first kappa shape index (κ1) is 22.6. The van der Waals surface area contributed by atoms with Crippen molar-refractivity contribution in [3.05, 3.63) is 95.8 Å². The predicted molar refractivity (Wildman–Crippen MR) is 131 cm³/mol. The monoisotopic (exact) mass is 458 g/mol. The van der Waals surface area contributed by atoms with Crippen LogP contribution in [-0.2, 0) is 21.6 Å². The van der Waals surface area contributed by atoms with Gasteiger partial charge in [-0.05, 0) is 44.0 Å². The maximum absolute atomic E-state index is 12.3. The molecule has 34 heavy (non-hydrogen) atoms. The van der Waals surface area contributed by atoms with E-state index in [2.05, 4.69) is 11.5 Å². The molecule has 1 aliphatic heterocycles. The van der Waals surface area contributed by atoms with Crippen LogP contribution in [0.25, 0.3) is 11.0 Å². The standard InChI is InChI=1S/C28H30N2O4/c1-4-30-25-17-22(32-18-23-19-33-27(2,3)34-23)15-16-24(25)29-26(30)28(31,20-11-7-5-8-12-20)21-13-9-6-10-14-21/h5-17,23,31H,4,18-19H2,1-3H3. The molecule has 1 aliphatic rings. The van der Waals surface area contributed by atoms with Crippen LogP contribution >= 0.6 is 0 Å². The lowest BCUT2D eigenvalue weighted by Gasteiger charge is -2.29. The van der Waals surface area contributed by atoms with Gasteiger partial charge in [0.15, 0.2) is 17.2 Å². The van der Waals surface area contributed by atoms with Crippen molar-refractivity contribution in [3.63, 3.8) is 0 Å². The van der Waals surface area contributed by atoms with E-state index < -0.39 is 11.4 Å². The Morgan fingerprint density at radius 1 is 1.03 bits per heavy atom. The van der Waals surface area contributed by atoms with Gasteiger partial charge in [0.05, 0.1) is 17.6 Å². The number of rotatable bonds is 7. The van der Waals surface area contributed by atoms with Crippen molar-refractivity contribution in [2.45, 2.75) is 44.8 Å². The summed E-state index contributed by atoms with van der Waals surface area (Å²) in [5.41, 5.74) is 1.84. The molecule has 4 aromatic rings. The van der Waals surface area contributed by atoms with E-state index in [-0.39, 0.29) is 6.10 Å². The zero-order valence-electron chi connectivity index (χ0n) is 19.8. The van der Waals surface area contributed by atoms with Gasteiger partial charge in [0.2, 0.25) is 0 Å². The minimum atomic E-state index is -1.40. The van der Waals surface area contributed by atoms with Crippen molar-refractivity contribution in [2.75, 3.05) is 13.2 Å². The highest BCUT2D eigenvalue weighted by Gasteiger charge is 2.39. The molecular weight excluding hydrogens is 428 g/mol. The number of aliphatic hydroxyl groups is 1. The van der Waals surface area contributed by atoms with E-state index in [4.69, 9.17) is 19.2 Å². The van der Waals surface area contributed by atoms with Crippen LogP contribution in [0.3, 0.4) is 0 Å². The first-order chi connectivity index (χ1) is 16.4. The molecular formula is C28H30N2O4. The Labute approximate surface area is 199 Å². The smallest absolute Gasteiger partial charge is 0.173 e. The molecule has 0 radical (unpaired) electrons. The number of hydrogen-bond donors (Lipinski definition) is 1. The summed E-state index contributed by atoms with van der Waals surface area (Å²) in [4.78, 5) is 4.92. The van der Waals surface area contributed by atoms with Crippen molar-refractivity contribution in [2.24, 2.45) is 0 Å². The molecule has 176 valence electrons. The van der Waals surface area contributed by atoms with Crippen LogP contribution < -0.4 is 4.74 Å². The fourth-order valence-corrected chi connectivity index (χ4v) is 4.61. The summed E-state index contributed by atoms with van der Waals surface area (Å²) in [7, 11) is 0. The average Bonchev–Trinajstić information content (AvgIpc) is 3.42. The molecule has 2 heterocycles. The van der Waals surface area contributed by atoms with Crippen LogP contribution in [0.15, 0.2) is 78.9 Å². The van der Waals surface area contributed by atoms with E-state index in [1.54, 1.807) is 0 Å². The predicted octanol–water partition coefficient (Wildman–Crippen LogP) is 4.87. The Bertz CT molecular complexity index is 1230. The number of hydrogen-bond acceptors (Lipinski definition) is 5. The molecule has 5 rings (SSSR count). The number of aromatic nitrogens is 2. The fourth-order valence-electron chi connectivity index (χ4n) is 4.61. The summed E-state index contributed by atoms with van der Waals surface area (Å²) in [6.45, 7) is 7.42. The number of imidazole rings is 1.